The lowest BCUT2D eigenvalue weighted by atomic mass is 9.80. The van der Waals surface area contributed by atoms with Crippen LogP contribution < -0.4 is 0 Å². The molecule has 0 spiro atoms. The van der Waals surface area contributed by atoms with Crippen LogP contribution >= 0.6 is 0 Å². The largest absolute Gasteiger partial charge is 0.481 e. The Hall–Kier alpha value is -2.16. The first kappa shape index (κ1) is 12.9. The molecule has 2 aromatic rings. The predicted octanol–water partition coefficient (Wildman–Crippen LogP) is 3.64. The number of aliphatic carboxylic acids is 1. The lowest BCUT2D eigenvalue weighted by Gasteiger charge is -2.25. The smallest absolute Gasteiger partial charge is 0.303 e. The molecule has 1 N–H and O–H groups in total. The van der Waals surface area contributed by atoms with Crippen LogP contribution in [0.5, 0.6) is 0 Å². The number of aromatic nitrogens is 1. The van der Waals surface area contributed by atoms with Crippen LogP contribution in [0.15, 0.2) is 42.7 Å². The summed E-state index contributed by atoms with van der Waals surface area (Å²) in [5.41, 5.74) is 4.71. The van der Waals surface area contributed by atoms with Gasteiger partial charge in [-0.2, -0.15) is 0 Å². The van der Waals surface area contributed by atoms with E-state index in [1.54, 1.807) is 6.20 Å². The van der Waals surface area contributed by atoms with Crippen LogP contribution in [0.2, 0.25) is 0 Å². The fraction of sp³-hybridized carbons (Fsp3) is 0.294. The summed E-state index contributed by atoms with van der Waals surface area (Å²) < 4.78 is 0. The number of carbonyl (C=O) groups is 1. The highest BCUT2D eigenvalue weighted by Gasteiger charge is 2.22. The Balaban J connectivity index is 1.99. The Labute approximate surface area is 118 Å². The summed E-state index contributed by atoms with van der Waals surface area (Å²) in [4.78, 5) is 15.2. The van der Waals surface area contributed by atoms with E-state index in [9.17, 15) is 4.79 Å². The van der Waals surface area contributed by atoms with Gasteiger partial charge >= 0.3 is 5.97 Å². The Morgan fingerprint density at radius 1 is 1.30 bits per heavy atom. The molecule has 1 unspecified atom stereocenters. The first-order valence-corrected chi connectivity index (χ1v) is 6.99. The van der Waals surface area contributed by atoms with Crippen LogP contribution in [0.3, 0.4) is 0 Å². The summed E-state index contributed by atoms with van der Waals surface area (Å²) in [7, 11) is 0. The molecule has 102 valence electrons. The highest BCUT2D eigenvalue weighted by molar-refractivity contribution is 5.69. The van der Waals surface area contributed by atoms with E-state index >= 15 is 0 Å². The van der Waals surface area contributed by atoms with Gasteiger partial charge in [-0.05, 0) is 53.5 Å². The molecule has 1 atom stereocenters. The van der Waals surface area contributed by atoms with Gasteiger partial charge in [0.2, 0.25) is 0 Å². The summed E-state index contributed by atoms with van der Waals surface area (Å²) >= 11 is 0. The molecule has 3 nitrogen and oxygen atoms in total. The van der Waals surface area contributed by atoms with Gasteiger partial charge < -0.3 is 5.11 Å². The van der Waals surface area contributed by atoms with Crippen molar-refractivity contribution in [1.29, 1.82) is 0 Å². The minimum absolute atomic E-state index is 0.146. The SMILES string of the molecule is O=C(O)CC1CCCc2ccc(-c3cccnc3)cc21. The maximum Gasteiger partial charge on any atom is 0.303 e. The maximum absolute atomic E-state index is 11.0. The molecule has 0 radical (unpaired) electrons. The minimum atomic E-state index is -0.713. The van der Waals surface area contributed by atoms with Gasteiger partial charge in [0.25, 0.3) is 0 Å². The Kier molecular flexibility index (Phi) is 3.50. The topological polar surface area (TPSA) is 50.2 Å². The second kappa shape index (κ2) is 5.45. The number of hydrogen-bond acceptors (Lipinski definition) is 2. The Bertz CT molecular complexity index is 622. The molecule has 3 heteroatoms. The molecule has 1 aliphatic carbocycles. The number of rotatable bonds is 3. The van der Waals surface area contributed by atoms with E-state index in [-0.39, 0.29) is 12.3 Å². The molecule has 3 rings (SSSR count). The summed E-state index contributed by atoms with van der Waals surface area (Å²) in [6, 6.07) is 10.4. The number of benzene rings is 1. The second-order valence-corrected chi connectivity index (χ2v) is 5.34. The monoisotopic (exact) mass is 267 g/mol. The third-order valence-corrected chi connectivity index (χ3v) is 4.00. The van der Waals surface area contributed by atoms with Crippen molar-refractivity contribution in [3.8, 4) is 11.1 Å². The summed E-state index contributed by atoms with van der Waals surface area (Å²) in [6.07, 6.45) is 6.93. The first-order valence-electron chi connectivity index (χ1n) is 6.99. The average molecular weight is 267 g/mol. The van der Waals surface area contributed by atoms with E-state index in [0.29, 0.717) is 0 Å². The number of aryl methyl sites for hydroxylation is 1. The van der Waals surface area contributed by atoms with E-state index in [2.05, 4.69) is 23.2 Å². The van der Waals surface area contributed by atoms with Crippen LogP contribution in [0.1, 0.15) is 36.3 Å². The van der Waals surface area contributed by atoms with E-state index in [0.717, 1.165) is 30.4 Å². The molecule has 0 amide bonds. The van der Waals surface area contributed by atoms with Gasteiger partial charge in [-0.3, -0.25) is 9.78 Å². The maximum atomic E-state index is 11.0. The Morgan fingerprint density at radius 3 is 2.95 bits per heavy atom. The molecule has 20 heavy (non-hydrogen) atoms. The summed E-state index contributed by atoms with van der Waals surface area (Å²) in [5.74, 6) is -0.567. The van der Waals surface area contributed by atoms with Crippen molar-refractivity contribution in [2.45, 2.75) is 31.6 Å². The molecule has 1 aromatic carbocycles. The number of hydrogen-bond donors (Lipinski definition) is 1. The van der Waals surface area contributed by atoms with Gasteiger partial charge in [-0.1, -0.05) is 24.3 Å². The number of carboxylic acids is 1. The van der Waals surface area contributed by atoms with E-state index < -0.39 is 5.97 Å². The molecular weight excluding hydrogens is 250 g/mol. The van der Waals surface area contributed by atoms with Crippen molar-refractivity contribution in [3.05, 3.63) is 53.9 Å². The molecule has 0 saturated carbocycles. The minimum Gasteiger partial charge on any atom is -0.481 e. The van der Waals surface area contributed by atoms with Crippen molar-refractivity contribution in [3.63, 3.8) is 0 Å². The zero-order valence-electron chi connectivity index (χ0n) is 11.2. The Morgan fingerprint density at radius 2 is 2.20 bits per heavy atom. The van der Waals surface area contributed by atoms with Crippen LogP contribution in [0, 0.1) is 0 Å². The number of carboxylic acid groups (broad SMARTS) is 1. The fourth-order valence-electron chi connectivity index (χ4n) is 3.03. The van der Waals surface area contributed by atoms with Crippen LogP contribution in [0.25, 0.3) is 11.1 Å². The van der Waals surface area contributed by atoms with Crippen molar-refractivity contribution in [1.82, 2.24) is 4.98 Å². The summed E-state index contributed by atoms with van der Waals surface area (Å²) in [5, 5.41) is 9.07. The van der Waals surface area contributed by atoms with Crippen molar-refractivity contribution < 1.29 is 9.90 Å². The van der Waals surface area contributed by atoms with Crippen LogP contribution in [-0.4, -0.2) is 16.1 Å². The van der Waals surface area contributed by atoms with E-state index in [4.69, 9.17) is 5.11 Å². The van der Waals surface area contributed by atoms with Crippen molar-refractivity contribution in [2.75, 3.05) is 0 Å². The molecular formula is C17H17NO2. The molecule has 1 heterocycles. The third-order valence-electron chi connectivity index (χ3n) is 4.00. The van der Waals surface area contributed by atoms with Gasteiger partial charge in [0, 0.05) is 12.4 Å². The quantitative estimate of drug-likeness (QED) is 0.923. The lowest BCUT2D eigenvalue weighted by molar-refractivity contribution is -0.137. The zero-order valence-corrected chi connectivity index (χ0v) is 11.2. The van der Waals surface area contributed by atoms with Crippen molar-refractivity contribution >= 4 is 5.97 Å². The average Bonchev–Trinajstić information content (AvgIpc) is 2.47. The van der Waals surface area contributed by atoms with Gasteiger partial charge in [-0.15, -0.1) is 0 Å². The molecule has 1 aromatic heterocycles. The van der Waals surface area contributed by atoms with Gasteiger partial charge in [0.15, 0.2) is 0 Å². The second-order valence-electron chi connectivity index (χ2n) is 5.34. The normalized spacial score (nSPS) is 17.5. The predicted molar refractivity (Wildman–Crippen MR) is 77.6 cm³/mol. The van der Waals surface area contributed by atoms with Crippen LogP contribution in [0.4, 0.5) is 0 Å². The van der Waals surface area contributed by atoms with Gasteiger partial charge in [0.1, 0.15) is 0 Å². The molecule has 0 fully saturated rings. The number of fused-ring (bicyclic) bond motifs is 1. The molecule has 0 saturated heterocycles. The first-order chi connectivity index (χ1) is 9.74. The standard InChI is InChI=1S/C17H17NO2/c19-17(20)10-14-4-1-3-12-6-7-13(9-16(12)14)15-5-2-8-18-11-15/h2,5-9,11,14H,1,3-4,10H2,(H,19,20). The summed E-state index contributed by atoms with van der Waals surface area (Å²) in [6.45, 7) is 0. The molecule has 1 aliphatic rings. The highest BCUT2D eigenvalue weighted by atomic mass is 16.4. The zero-order chi connectivity index (χ0) is 13.9. The molecule has 0 aliphatic heterocycles. The van der Waals surface area contributed by atoms with E-state index in [1.165, 1.54) is 11.1 Å². The number of nitrogens with zero attached hydrogens (tertiary/aromatic N) is 1. The number of pyridine rings is 1. The lowest BCUT2D eigenvalue weighted by Crippen LogP contribution is -2.13. The molecule has 0 bridgehead atoms. The van der Waals surface area contributed by atoms with Crippen molar-refractivity contribution in [2.24, 2.45) is 0 Å². The van der Waals surface area contributed by atoms with Gasteiger partial charge in [-0.25, -0.2) is 0 Å². The third kappa shape index (κ3) is 2.57. The highest BCUT2D eigenvalue weighted by Crippen LogP contribution is 2.36. The fourth-order valence-corrected chi connectivity index (χ4v) is 3.03. The van der Waals surface area contributed by atoms with Crippen LogP contribution in [-0.2, 0) is 11.2 Å². The van der Waals surface area contributed by atoms with E-state index in [1.807, 2.05) is 18.3 Å². The van der Waals surface area contributed by atoms with Gasteiger partial charge in [0.05, 0.1) is 6.42 Å².